The third kappa shape index (κ3) is 9.70. The van der Waals surface area contributed by atoms with Crippen molar-refractivity contribution in [3.8, 4) is 0 Å². The van der Waals surface area contributed by atoms with E-state index in [4.69, 9.17) is 19.8 Å². The highest BCUT2D eigenvalue weighted by molar-refractivity contribution is 5.97. The van der Waals surface area contributed by atoms with Crippen LogP contribution in [-0.4, -0.2) is 81.5 Å². The third-order valence-corrected chi connectivity index (χ3v) is 5.01. The molecule has 2 heterocycles. The van der Waals surface area contributed by atoms with Gasteiger partial charge in [-0.2, -0.15) is 26.3 Å². The summed E-state index contributed by atoms with van der Waals surface area (Å²) in [6, 6.07) is 7.52. The first-order valence-corrected chi connectivity index (χ1v) is 10.6. The van der Waals surface area contributed by atoms with Crippen LogP contribution in [-0.2, 0) is 9.59 Å². The van der Waals surface area contributed by atoms with E-state index in [1.165, 1.54) is 0 Å². The molecule has 37 heavy (non-hydrogen) atoms. The number of hydrogen-bond acceptors (Lipinski definition) is 7. The number of nitro benzene ring substituents is 1. The molecule has 2 aromatic rings. The Bertz CT molecular complexity index is 1070. The lowest BCUT2D eigenvalue weighted by molar-refractivity contribution is -0.383. The van der Waals surface area contributed by atoms with E-state index in [2.05, 4.69) is 28.6 Å². The number of benzene rings is 1. The van der Waals surface area contributed by atoms with E-state index in [0.29, 0.717) is 11.4 Å². The summed E-state index contributed by atoms with van der Waals surface area (Å²) in [4.78, 5) is 37.9. The molecule has 0 unspecified atom stereocenters. The molecule has 2 N–H and O–H groups in total. The lowest BCUT2D eigenvalue weighted by Gasteiger charge is -2.26. The summed E-state index contributed by atoms with van der Waals surface area (Å²) in [7, 11) is 0. The van der Waals surface area contributed by atoms with Gasteiger partial charge in [-0.05, 0) is 38.5 Å². The van der Waals surface area contributed by atoms with Gasteiger partial charge in [0, 0.05) is 44.5 Å². The molecule has 0 saturated carbocycles. The van der Waals surface area contributed by atoms with E-state index >= 15 is 0 Å². The van der Waals surface area contributed by atoms with Crippen molar-refractivity contribution in [2.45, 2.75) is 38.7 Å². The Kier molecular flexibility index (Phi) is 11.0. The molecule has 1 saturated heterocycles. The van der Waals surface area contributed by atoms with Gasteiger partial charge in [-0.25, -0.2) is 9.59 Å². The number of aromatic nitrogens is 1. The monoisotopic (exact) mass is 542 g/mol. The number of nitro groups is 1. The van der Waals surface area contributed by atoms with Crippen molar-refractivity contribution < 1.29 is 51.1 Å². The summed E-state index contributed by atoms with van der Waals surface area (Å²) in [5, 5.41) is 26.1. The minimum Gasteiger partial charge on any atom is -0.475 e. The molecule has 0 spiro atoms. The van der Waals surface area contributed by atoms with Crippen LogP contribution >= 0.6 is 0 Å². The molecule has 3 rings (SSSR count). The molecule has 0 atom stereocenters. The maximum absolute atomic E-state index is 11.2. The van der Waals surface area contributed by atoms with Gasteiger partial charge in [0.05, 0.1) is 16.0 Å². The summed E-state index contributed by atoms with van der Waals surface area (Å²) in [5.41, 5.74) is 1.84. The van der Waals surface area contributed by atoms with Crippen LogP contribution in [0.1, 0.15) is 20.3 Å². The van der Waals surface area contributed by atoms with E-state index in [1.54, 1.807) is 24.4 Å². The number of carbonyl (C=O) groups is 2. The van der Waals surface area contributed by atoms with Crippen LogP contribution in [0.3, 0.4) is 0 Å². The zero-order valence-corrected chi connectivity index (χ0v) is 19.6. The third-order valence-electron chi connectivity index (χ3n) is 5.01. The fraction of sp³-hybridized carbons (Fsp3) is 0.476. The Morgan fingerprint density at radius 1 is 0.973 bits per heavy atom. The average Bonchev–Trinajstić information content (AvgIpc) is 3.04. The first-order chi connectivity index (χ1) is 17.0. The maximum atomic E-state index is 11.2. The molecule has 16 heteroatoms. The Hall–Kier alpha value is -3.69. The Morgan fingerprint density at radius 3 is 1.97 bits per heavy atom. The van der Waals surface area contributed by atoms with Crippen molar-refractivity contribution in [3.05, 3.63) is 40.6 Å². The number of nitrogens with zero attached hydrogens (tertiary/aromatic N) is 4. The summed E-state index contributed by atoms with van der Waals surface area (Å²) >= 11 is 0. The number of rotatable bonds is 3. The van der Waals surface area contributed by atoms with Gasteiger partial charge in [0.2, 0.25) is 0 Å². The van der Waals surface area contributed by atoms with Gasteiger partial charge in [0.25, 0.3) is 5.69 Å². The Balaban J connectivity index is 0.000000404. The summed E-state index contributed by atoms with van der Waals surface area (Å²) in [6.45, 7) is 8.40. The number of hydrogen-bond donors (Lipinski definition) is 2. The number of alkyl halides is 6. The van der Waals surface area contributed by atoms with Gasteiger partial charge in [0.1, 0.15) is 5.52 Å². The van der Waals surface area contributed by atoms with Crippen LogP contribution in [0.2, 0.25) is 0 Å². The molecule has 0 bridgehead atoms. The topological polar surface area (TPSA) is 137 Å². The molecule has 206 valence electrons. The molecule has 0 radical (unpaired) electrons. The van der Waals surface area contributed by atoms with Crippen LogP contribution in [0.15, 0.2) is 30.5 Å². The van der Waals surface area contributed by atoms with Crippen molar-refractivity contribution in [2.24, 2.45) is 0 Å². The van der Waals surface area contributed by atoms with Crippen LogP contribution in [0.5, 0.6) is 0 Å². The predicted molar refractivity (Wildman–Crippen MR) is 119 cm³/mol. The van der Waals surface area contributed by atoms with Crippen LogP contribution in [0.25, 0.3) is 10.9 Å². The number of pyridine rings is 1. The van der Waals surface area contributed by atoms with E-state index in [-0.39, 0.29) is 10.6 Å². The largest absolute Gasteiger partial charge is 0.490 e. The van der Waals surface area contributed by atoms with Crippen molar-refractivity contribution >= 4 is 34.2 Å². The fourth-order valence-electron chi connectivity index (χ4n) is 3.25. The minimum absolute atomic E-state index is 0.121. The summed E-state index contributed by atoms with van der Waals surface area (Å²) in [5.74, 6) is -5.51. The second-order valence-electron chi connectivity index (χ2n) is 7.84. The van der Waals surface area contributed by atoms with E-state index < -0.39 is 24.3 Å². The highest BCUT2D eigenvalue weighted by Crippen LogP contribution is 2.32. The average molecular weight is 542 g/mol. The second kappa shape index (κ2) is 13.0. The van der Waals surface area contributed by atoms with Crippen molar-refractivity contribution in [1.82, 2.24) is 9.88 Å². The van der Waals surface area contributed by atoms with Crippen molar-refractivity contribution in [1.29, 1.82) is 0 Å². The van der Waals surface area contributed by atoms with Crippen LogP contribution in [0, 0.1) is 10.1 Å². The van der Waals surface area contributed by atoms with Gasteiger partial charge in [0.15, 0.2) is 0 Å². The van der Waals surface area contributed by atoms with Gasteiger partial charge in [-0.3, -0.25) is 20.0 Å². The number of carboxylic acid groups (broad SMARTS) is 2. The van der Waals surface area contributed by atoms with Gasteiger partial charge >= 0.3 is 24.3 Å². The highest BCUT2D eigenvalue weighted by Gasteiger charge is 2.38. The van der Waals surface area contributed by atoms with Gasteiger partial charge in [-0.15, -0.1) is 0 Å². The molecule has 0 aliphatic carbocycles. The summed E-state index contributed by atoms with van der Waals surface area (Å²) in [6.07, 6.45) is -7.38. The summed E-state index contributed by atoms with van der Waals surface area (Å²) < 4.78 is 63.5. The quantitative estimate of drug-likeness (QED) is 0.330. The van der Waals surface area contributed by atoms with Crippen LogP contribution < -0.4 is 4.90 Å². The smallest absolute Gasteiger partial charge is 0.475 e. The molecule has 1 aromatic heterocycles. The van der Waals surface area contributed by atoms with E-state index in [9.17, 15) is 36.5 Å². The molecule has 0 amide bonds. The minimum atomic E-state index is -5.08. The number of aliphatic carboxylic acids is 2. The first kappa shape index (κ1) is 31.3. The SMILES string of the molecule is CC(C)N1CCCN(c2ccc([N+](=O)[O-])c3cccnc23)CC1.O=C(O)C(F)(F)F.O=C(O)C(F)(F)F. The second-order valence-corrected chi connectivity index (χ2v) is 7.84. The number of fused-ring (bicyclic) bond motifs is 1. The number of anilines is 1. The lowest BCUT2D eigenvalue weighted by Crippen LogP contribution is -2.35. The molecular weight excluding hydrogens is 518 g/mol. The normalized spacial score (nSPS) is 14.7. The van der Waals surface area contributed by atoms with E-state index in [0.717, 1.165) is 43.8 Å². The van der Waals surface area contributed by atoms with Crippen LogP contribution in [0.4, 0.5) is 37.7 Å². The maximum Gasteiger partial charge on any atom is 0.490 e. The lowest BCUT2D eigenvalue weighted by atomic mass is 10.1. The molecular formula is C21H24F6N4O6. The van der Waals surface area contributed by atoms with Gasteiger partial charge in [-0.1, -0.05) is 0 Å². The molecule has 1 fully saturated rings. The highest BCUT2D eigenvalue weighted by atomic mass is 19.4. The molecule has 1 aromatic carbocycles. The molecule has 10 nitrogen and oxygen atoms in total. The fourth-order valence-corrected chi connectivity index (χ4v) is 3.25. The number of non-ortho nitro benzene ring substituents is 1. The molecule has 1 aliphatic rings. The predicted octanol–water partition coefficient (Wildman–Crippen LogP) is 4.33. The van der Waals surface area contributed by atoms with E-state index in [1.807, 2.05) is 6.07 Å². The number of carboxylic acids is 2. The Labute approximate surface area is 206 Å². The Morgan fingerprint density at radius 2 is 1.51 bits per heavy atom. The molecule has 1 aliphatic heterocycles. The van der Waals surface area contributed by atoms with Gasteiger partial charge < -0.3 is 15.1 Å². The first-order valence-electron chi connectivity index (χ1n) is 10.6. The number of halogens is 6. The standard InChI is InChI=1S/C17H22N4O2.2C2HF3O2/c1-13(2)19-9-4-10-20(12-11-19)16-7-6-15(21(22)23)14-5-3-8-18-17(14)16;2*3-2(4,5)1(6)7/h3,5-8,13H,4,9-12H2,1-2H3;2*(H,6,7). The van der Waals surface area contributed by atoms with Crippen molar-refractivity contribution in [3.63, 3.8) is 0 Å². The van der Waals surface area contributed by atoms with Crippen molar-refractivity contribution in [2.75, 3.05) is 31.1 Å². The zero-order valence-electron chi connectivity index (χ0n) is 19.6. The zero-order chi connectivity index (χ0) is 28.6.